The average Bonchev–Trinajstić information content (AvgIpc) is 2.80. The van der Waals surface area contributed by atoms with Crippen LogP contribution in [0.1, 0.15) is 16.8 Å². The fourth-order valence-corrected chi connectivity index (χ4v) is 3.48. The minimum absolute atomic E-state index is 0.362. The van der Waals surface area contributed by atoms with E-state index in [2.05, 4.69) is 0 Å². The molecule has 1 heterocycles. The SMILES string of the molecule is N#Cc1c(SC(F)(F)F)cn(-c2c(Cl)cc(C(F)(F)F)cc2Cl)c1CF. The molecule has 2 aromatic rings. The van der Waals surface area contributed by atoms with Gasteiger partial charge in [-0.3, -0.25) is 0 Å². The Morgan fingerprint density at radius 1 is 1.08 bits per heavy atom. The number of nitrogens with zero attached hydrogens (tertiary/aromatic N) is 2. The van der Waals surface area contributed by atoms with E-state index in [1.54, 1.807) is 0 Å². The van der Waals surface area contributed by atoms with E-state index in [1.165, 1.54) is 6.07 Å². The van der Waals surface area contributed by atoms with Crippen molar-refractivity contribution in [2.24, 2.45) is 0 Å². The first kappa shape index (κ1) is 20.7. The lowest BCUT2D eigenvalue weighted by atomic mass is 10.2. The maximum Gasteiger partial charge on any atom is 0.446 e. The van der Waals surface area contributed by atoms with Gasteiger partial charge in [-0.2, -0.15) is 31.6 Å². The van der Waals surface area contributed by atoms with E-state index in [4.69, 9.17) is 28.5 Å². The molecular weight excluding hydrogens is 432 g/mol. The predicted molar refractivity (Wildman–Crippen MR) is 82.2 cm³/mol. The zero-order valence-corrected chi connectivity index (χ0v) is 14.5. The first-order chi connectivity index (χ1) is 11.9. The molecule has 0 fully saturated rings. The Labute approximate surface area is 156 Å². The summed E-state index contributed by atoms with van der Waals surface area (Å²) in [6.45, 7) is -1.37. The molecule has 140 valence electrons. The van der Waals surface area contributed by atoms with E-state index in [-0.39, 0.29) is 5.69 Å². The zero-order chi connectivity index (χ0) is 19.9. The number of benzene rings is 1. The van der Waals surface area contributed by atoms with Crippen molar-refractivity contribution in [1.29, 1.82) is 5.26 Å². The Kier molecular flexibility index (Phi) is 5.75. The Balaban J connectivity index is 2.72. The van der Waals surface area contributed by atoms with Crippen LogP contribution in [0.2, 0.25) is 10.0 Å². The highest BCUT2D eigenvalue weighted by molar-refractivity contribution is 8.00. The number of halogens is 9. The van der Waals surface area contributed by atoms with Gasteiger partial charge in [0.15, 0.2) is 0 Å². The molecular formula is C14H5Cl2F7N2S. The van der Waals surface area contributed by atoms with E-state index in [9.17, 15) is 30.7 Å². The third kappa shape index (κ3) is 4.22. The Hall–Kier alpha value is -1.57. The molecule has 0 radical (unpaired) electrons. The number of hydrogen-bond donors (Lipinski definition) is 0. The first-order valence-corrected chi connectivity index (χ1v) is 7.99. The van der Waals surface area contributed by atoms with E-state index < -0.39 is 61.9 Å². The third-order valence-electron chi connectivity index (χ3n) is 3.12. The van der Waals surface area contributed by atoms with Crippen LogP contribution in [0.5, 0.6) is 0 Å². The van der Waals surface area contributed by atoms with Crippen molar-refractivity contribution in [3.63, 3.8) is 0 Å². The minimum Gasteiger partial charge on any atom is -0.313 e. The summed E-state index contributed by atoms with van der Waals surface area (Å²) in [5.74, 6) is 0. The zero-order valence-electron chi connectivity index (χ0n) is 12.1. The highest BCUT2D eigenvalue weighted by atomic mass is 35.5. The average molecular weight is 437 g/mol. The van der Waals surface area contributed by atoms with Crippen LogP contribution in [0, 0.1) is 11.3 Å². The largest absolute Gasteiger partial charge is 0.446 e. The fraction of sp³-hybridized carbons (Fsp3) is 0.214. The van der Waals surface area contributed by atoms with Gasteiger partial charge in [0.25, 0.3) is 0 Å². The molecule has 0 bridgehead atoms. The predicted octanol–water partition coefficient (Wildman–Crippen LogP) is 6.76. The summed E-state index contributed by atoms with van der Waals surface area (Å²) in [6.07, 6.45) is -4.01. The fourth-order valence-electron chi connectivity index (χ4n) is 2.13. The molecule has 2 nitrogen and oxygen atoms in total. The number of thioether (sulfide) groups is 1. The van der Waals surface area contributed by atoms with Gasteiger partial charge in [-0.1, -0.05) is 23.2 Å². The van der Waals surface area contributed by atoms with Gasteiger partial charge in [-0.15, -0.1) is 0 Å². The summed E-state index contributed by atoms with van der Waals surface area (Å²) in [6, 6.07) is 2.47. The molecule has 0 amide bonds. The first-order valence-electron chi connectivity index (χ1n) is 6.41. The molecule has 2 rings (SSSR count). The van der Waals surface area contributed by atoms with Crippen molar-refractivity contribution in [2.45, 2.75) is 23.3 Å². The van der Waals surface area contributed by atoms with E-state index >= 15 is 0 Å². The monoisotopic (exact) mass is 436 g/mol. The Bertz CT molecular complexity index is 858. The van der Waals surface area contributed by atoms with Crippen LogP contribution in [0.15, 0.2) is 23.2 Å². The van der Waals surface area contributed by atoms with Crippen molar-refractivity contribution < 1.29 is 30.7 Å². The molecule has 1 aromatic carbocycles. The molecule has 0 saturated carbocycles. The maximum atomic E-state index is 13.4. The maximum absolute atomic E-state index is 13.4. The highest BCUT2D eigenvalue weighted by Crippen LogP contribution is 2.43. The molecule has 1 aromatic heterocycles. The summed E-state index contributed by atoms with van der Waals surface area (Å²) in [5.41, 5.74) is -7.43. The Morgan fingerprint density at radius 2 is 1.62 bits per heavy atom. The van der Waals surface area contributed by atoms with Crippen LogP contribution < -0.4 is 0 Å². The molecule has 0 saturated heterocycles. The van der Waals surface area contributed by atoms with Crippen LogP contribution in [0.25, 0.3) is 5.69 Å². The van der Waals surface area contributed by atoms with Gasteiger partial charge >= 0.3 is 11.7 Å². The van der Waals surface area contributed by atoms with Gasteiger partial charge in [0.2, 0.25) is 0 Å². The quantitative estimate of drug-likeness (QED) is 0.393. The van der Waals surface area contributed by atoms with Crippen molar-refractivity contribution in [1.82, 2.24) is 4.57 Å². The summed E-state index contributed by atoms with van der Waals surface area (Å²) in [7, 11) is 0. The second kappa shape index (κ2) is 7.21. The summed E-state index contributed by atoms with van der Waals surface area (Å²) in [5, 5.41) is 7.92. The van der Waals surface area contributed by atoms with Crippen LogP contribution >= 0.6 is 35.0 Å². The van der Waals surface area contributed by atoms with E-state index in [0.717, 1.165) is 10.8 Å². The van der Waals surface area contributed by atoms with Gasteiger partial charge in [0.05, 0.1) is 37.4 Å². The van der Waals surface area contributed by atoms with Gasteiger partial charge in [0, 0.05) is 6.20 Å². The topological polar surface area (TPSA) is 28.7 Å². The number of rotatable bonds is 3. The van der Waals surface area contributed by atoms with E-state index in [0.29, 0.717) is 12.1 Å². The molecule has 26 heavy (non-hydrogen) atoms. The number of hydrogen-bond acceptors (Lipinski definition) is 2. The lowest BCUT2D eigenvalue weighted by molar-refractivity contribution is -0.137. The van der Waals surface area contributed by atoms with Crippen LogP contribution in [-0.2, 0) is 12.9 Å². The summed E-state index contributed by atoms with van der Waals surface area (Å²) < 4.78 is 90.3. The number of aromatic nitrogens is 1. The van der Waals surface area contributed by atoms with Gasteiger partial charge in [0.1, 0.15) is 12.7 Å². The Morgan fingerprint density at radius 3 is 2.00 bits per heavy atom. The van der Waals surface area contributed by atoms with Crippen molar-refractivity contribution in [2.75, 3.05) is 0 Å². The third-order valence-corrected chi connectivity index (χ3v) is 4.46. The molecule has 0 atom stereocenters. The van der Waals surface area contributed by atoms with Crippen LogP contribution in [0.3, 0.4) is 0 Å². The molecule has 0 aliphatic rings. The number of alkyl halides is 7. The normalized spacial score (nSPS) is 12.3. The minimum atomic E-state index is -4.76. The summed E-state index contributed by atoms with van der Waals surface area (Å²) >= 11 is 10.9. The smallest absolute Gasteiger partial charge is 0.313 e. The second-order valence-corrected chi connectivity index (χ2v) is 6.69. The summed E-state index contributed by atoms with van der Waals surface area (Å²) in [4.78, 5) is -0.625. The van der Waals surface area contributed by atoms with Crippen LogP contribution in [-0.4, -0.2) is 10.1 Å². The van der Waals surface area contributed by atoms with Crippen LogP contribution in [0.4, 0.5) is 30.7 Å². The standard InChI is InChI=1S/C14H5Cl2F7N2S/c15-8-1-6(13(18,19)20)2-9(16)12(8)25-5-11(26-14(21,22)23)7(4-24)10(25)3-17/h1-2,5H,3H2. The van der Waals surface area contributed by atoms with Gasteiger partial charge < -0.3 is 4.57 Å². The van der Waals surface area contributed by atoms with Gasteiger partial charge in [-0.25, -0.2) is 4.39 Å². The number of nitriles is 1. The van der Waals surface area contributed by atoms with Crippen molar-refractivity contribution in [3.05, 3.63) is 45.2 Å². The van der Waals surface area contributed by atoms with Crippen molar-refractivity contribution in [3.8, 4) is 11.8 Å². The van der Waals surface area contributed by atoms with Crippen molar-refractivity contribution >= 4 is 35.0 Å². The molecule has 0 unspecified atom stereocenters. The second-order valence-electron chi connectivity index (χ2n) is 4.76. The lowest BCUT2D eigenvalue weighted by Gasteiger charge is -2.14. The molecule has 0 aliphatic heterocycles. The molecule has 0 N–H and O–H groups in total. The highest BCUT2D eigenvalue weighted by Gasteiger charge is 2.35. The molecule has 0 aliphatic carbocycles. The molecule has 0 spiro atoms. The molecule has 12 heteroatoms. The lowest BCUT2D eigenvalue weighted by Crippen LogP contribution is -2.07. The van der Waals surface area contributed by atoms with E-state index in [1.807, 2.05) is 0 Å². The van der Waals surface area contributed by atoms with Gasteiger partial charge in [-0.05, 0) is 23.9 Å².